The van der Waals surface area contributed by atoms with Crippen LogP contribution >= 0.6 is 0 Å². The van der Waals surface area contributed by atoms with Crippen molar-refractivity contribution in [3.63, 3.8) is 0 Å². The van der Waals surface area contributed by atoms with Crippen LogP contribution in [-0.2, 0) is 11.2 Å². The molecule has 4 nitrogen and oxygen atoms in total. The molecule has 1 aliphatic rings. The van der Waals surface area contributed by atoms with Crippen molar-refractivity contribution < 1.29 is 4.79 Å². The largest absolute Gasteiger partial charge is 0.399 e. The minimum Gasteiger partial charge on any atom is -0.399 e. The van der Waals surface area contributed by atoms with Gasteiger partial charge in [-0.25, -0.2) is 0 Å². The van der Waals surface area contributed by atoms with E-state index in [0.29, 0.717) is 12.8 Å². The minimum absolute atomic E-state index is 0.112. The normalized spacial score (nSPS) is 16.8. The van der Waals surface area contributed by atoms with Crippen LogP contribution in [0.25, 0.3) is 0 Å². The predicted octanol–water partition coefficient (Wildman–Crippen LogP) is 1.80. The summed E-state index contributed by atoms with van der Waals surface area (Å²) in [4.78, 5) is 14.2. The lowest BCUT2D eigenvalue weighted by Crippen LogP contribution is -2.57. The Bertz CT molecular complexity index is 467. The molecule has 0 bridgehead atoms. The highest BCUT2D eigenvalue weighted by molar-refractivity contribution is 5.76. The van der Waals surface area contributed by atoms with E-state index in [1.165, 1.54) is 19.3 Å². The van der Waals surface area contributed by atoms with E-state index < -0.39 is 0 Å². The van der Waals surface area contributed by atoms with Crippen molar-refractivity contribution in [3.05, 3.63) is 29.8 Å². The third-order valence-corrected chi connectivity index (χ3v) is 4.52. The molecule has 0 saturated heterocycles. The summed E-state index contributed by atoms with van der Waals surface area (Å²) in [5.41, 5.74) is 7.88. The van der Waals surface area contributed by atoms with E-state index in [4.69, 9.17) is 5.73 Å². The highest BCUT2D eigenvalue weighted by Crippen LogP contribution is 2.35. The smallest absolute Gasteiger partial charge is 0.220 e. The van der Waals surface area contributed by atoms with Gasteiger partial charge in [0.05, 0.1) is 0 Å². The number of nitrogens with zero attached hydrogens (tertiary/aromatic N) is 1. The van der Waals surface area contributed by atoms with Crippen LogP contribution < -0.4 is 11.1 Å². The zero-order chi connectivity index (χ0) is 14.6. The molecular weight excluding hydrogens is 250 g/mol. The summed E-state index contributed by atoms with van der Waals surface area (Å²) in [5.74, 6) is 0.112. The molecule has 0 spiro atoms. The van der Waals surface area contributed by atoms with Crippen LogP contribution in [0, 0.1) is 0 Å². The Morgan fingerprint density at radius 3 is 2.60 bits per heavy atom. The molecule has 1 fully saturated rings. The average Bonchev–Trinajstić information content (AvgIpc) is 2.36. The van der Waals surface area contributed by atoms with Crippen LogP contribution in [0.4, 0.5) is 5.69 Å². The van der Waals surface area contributed by atoms with Crippen LogP contribution in [0.15, 0.2) is 24.3 Å². The van der Waals surface area contributed by atoms with Crippen molar-refractivity contribution in [2.45, 2.75) is 37.6 Å². The first-order valence-corrected chi connectivity index (χ1v) is 7.31. The Labute approximate surface area is 121 Å². The molecule has 1 saturated carbocycles. The Kier molecular flexibility index (Phi) is 4.65. The molecule has 0 atom stereocenters. The number of nitrogens with two attached hydrogens (primary N) is 1. The number of carbonyl (C=O) groups is 1. The SMILES string of the molecule is CN(C)C1(CNC(=O)CCc2ccccc2N)CCC1. The van der Waals surface area contributed by atoms with Gasteiger partial charge < -0.3 is 16.0 Å². The summed E-state index contributed by atoms with van der Waals surface area (Å²) in [6.45, 7) is 0.753. The molecule has 4 heteroatoms. The third-order valence-electron chi connectivity index (χ3n) is 4.52. The zero-order valence-corrected chi connectivity index (χ0v) is 12.5. The fourth-order valence-corrected chi connectivity index (χ4v) is 2.73. The van der Waals surface area contributed by atoms with E-state index in [1.807, 2.05) is 24.3 Å². The lowest BCUT2D eigenvalue weighted by Gasteiger charge is -2.47. The number of rotatable bonds is 6. The van der Waals surface area contributed by atoms with Crippen LogP contribution in [0.5, 0.6) is 0 Å². The van der Waals surface area contributed by atoms with Crippen LogP contribution in [0.3, 0.4) is 0 Å². The number of benzene rings is 1. The van der Waals surface area contributed by atoms with Crippen molar-refractivity contribution in [3.8, 4) is 0 Å². The molecule has 1 aliphatic carbocycles. The van der Waals surface area contributed by atoms with Crippen molar-refractivity contribution >= 4 is 11.6 Å². The number of anilines is 1. The molecular formula is C16H25N3O. The number of amides is 1. The summed E-state index contributed by atoms with van der Waals surface area (Å²) < 4.78 is 0. The van der Waals surface area contributed by atoms with Crippen molar-refractivity contribution in [1.29, 1.82) is 0 Å². The first kappa shape index (κ1) is 14.9. The molecule has 110 valence electrons. The van der Waals surface area contributed by atoms with E-state index in [0.717, 1.165) is 17.8 Å². The number of likely N-dealkylation sites (N-methyl/N-ethyl adjacent to an activating group) is 1. The molecule has 20 heavy (non-hydrogen) atoms. The van der Waals surface area contributed by atoms with Gasteiger partial charge >= 0.3 is 0 Å². The molecule has 1 aromatic carbocycles. The van der Waals surface area contributed by atoms with Gasteiger partial charge in [0.15, 0.2) is 0 Å². The van der Waals surface area contributed by atoms with Gasteiger partial charge in [-0.3, -0.25) is 4.79 Å². The van der Waals surface area contributed by atoms with Gasteiger partial charge in [0.25, 0.3) is 0 Å². The number of nitrogens with one attached hydrogen (secondary N) is 1. The molecule has 1 amide bonds. The maximum absolute atomic E-state index is 12.0. The van der Waals surface area contributed by atoms with E-state index in [9.17, 15) is 4.79 Å². The second-order valence-electron chi connectivity index (χ2n) is 5.95. The number of aryl methyl sites for hydroxylation is 1. The monoisotopic (exact) mass is 275 g/mol. The van der Waals surface area contributed by atoms with Crippen LogP contribution in [0.2, 0.25) is 0 Å². The molecule has 0 radical (unpaired) electrons. The quantitative estimate of drug-likeness (QED) is 0.778. The molecule has 0 unspecified atom stereocenters. The second kappa shape index (κ2) is 6.27. The number of nitrogen functional groups attached to an aromatic ring is 1. The molecule has 0 aliphatic heterocycles. The first-order valence-electron chi connectivity index (χ1n) is 7.31. The lowest BCUT2D eigenvalue weighted by molar-refractivity contribution is -0.122. The summed E-state index contributed by atoms with van der Waals surface area (Å²) >= 11 is 0. The first-order chi connectivity index (χ1) is 9.53. The van der Waals surface area contributed by atoms with Gasteiger partial charge in [0.1, 0.15) is 0 Å². The standard InChI is InChI=1S/C16H25N3O/c1-19(2)16(10-5-11-16)12-18-15(20)9-8-13-6-3-4-7-14(13)17/h3-4,6-7H,5,8-12,17H2,1-2H3,(H,18,20). The van der Waals surface area contributed by atoms with Crippen LogP contribution in [-0.4, -0.2) is 37.0 Å². The second-order valence-corrected chi connectivity index (χ2v) is 5.95. The number of hydrogen-bond acceptors (Lipinski definition) is 3. The topological polar surface area (TPSA) is 58.4 Å². The van der Waals surface area contributed by atoms with Crippen LogP contribution in [0.1, 0.15) is 31.2 Å². The van der Waals surface area contributed by atoms with Gasteiger partial charge in [-0.2, -0.15) is 0 Å². The van der Waals surface area contributed by atoms with Crippen molar-refractivity contribution in [2.24, 2.45) is 0 Å². The minimum atomic E-state index is 0.112. The third kappa shape index (κ3) is 3.31. The molecule has 0 heterocycles. The predicted molar refractivity (Wildman–Crippen MR) is 82.5 cm³/mol. The Hall–Kier alpha value is -1.55. The Balaban J connectivity index is 1.77. The van der Waals surface area contributed by atoms with Gasteiger partial charge in [-0.15, -0.1) is 0 Å². The molecule has 3 N–H and O–H groups in total. The maximum atomic E-state index is 12.0. The summed E-state index contributed by atoms with van der Waals surface area (Å²) in [5, 5.41) is 3.08. The Morgan fingerprint density at radius 1 is 1.35 bits per heavy atom. The van der Waals surface area contributed by atoms with Gasteiger partial charge in [0, 0.05) is 24.2 Å². The zero-order valence-electron chi connectivity index (χ0n) is 12.5. The lowest BCUT2D eigenvalue weighted by atomic mass is 9.75. The fraction of sp³-hybridized carbons (Fsp3) is 0.562. The molecule has 0 aromatic heterocycles. The van der Waals surface area contributed by atoms with Crippen molar-refractivity contribution in [1.82, 2.24) is 10.2 Å². The number of hydrogen-bond donors (Lipinski definition) is 2. The molecule has 2 rings (SSSR count). The summed E-state index contributed by atoms with van der Waals surface area (Å²) in [6, 6.07) is 7.73. The summed E-state index contributed by atoms with van der Waals surface area (Å²) in [6.07, 6.45) is 4.80. The average molecular weight is 275 g/mol. The summed E-state index contributed by atoms with van der Waals surface area (Å²) in [7, 11) is 4.19. The van der Waals surface area contributed by atoms with E-state index in [-0.39, 0.29) is 11.4 Å². The van der Waals surface area contributed by atoms with Gasteiger partial charge in [0.2, 0.25) is 5.91 Å². The Morgan fingerprint density at radius 2 is 2.05 bits per heavy atom. The molecule has 1 aromatic rings. The van der Waals surface area contributed by atoms with E-state index >= 15 is 0 Å². The maximum Gasteiger partial charge on any atom is 0.220 e. The van der Waals surface area contributed by atoms with Gasteiger partial charge in [-0.05, 0) is 51.4 Å². The van der Waals surface area contributed by atoms with E-state index in [2.05, 4.69) is 24.3 Å². The highest BCUT2D eigenvalue weighted by Gasteiger charge is 2.38. The van der Waals surface area contributed by atoms with Crippen molar-refractivity contribution in [2.75, 3.05) is 26.4 Å². The van der Waals surface area contributed by atoms with Gasteiger partial charge in [-0.1, -0.05) is 18.2 Å². The number of carbonyl (C=O) groups excluding carboxylic acids is 1. The number of para-hydroxylation sites is 1. The fourth-order valence-electron chi connectivity index (χ4n) is 2.73. The highest BCUT2D eigenvalue weighted by atomic mass is 16.1. The van der Waals surface area contributed by atoms with E-state index in [1.54, 1.807) is 0 Å².